The van der Waals surface area contributed by atoms with Crippen LogP contribution in [0.25, 0.3) is 22.6 Å². The van der Waals surface area contributed by atoms with Crippen LogP contribution in [0.4, 0.5) is 8.78 Å². The monoisotopic (exact) mass is 347 g/mol. The lowest BCUT2D eigenvalue weighted by atomic mass is 10.0. The fourth-order valence-corrected chi connectivity index (χ4v) is 2.60. The van der Waals surface area contributed by atoms with Crippen LogP contribution in [0.3, 0.4) is 0 Å². The zero-order valence-electron chi connectivity index (χ0n) is 13.5. The molecular weight excluding hydrogens is 332 g/mol. The molecule has 0 saturated carbocycles. The van der Waals surface area contributed by atoms with Crippen molar-refractivity contribution in [2.24, 2.45) is 0 Å². The van der Waals surface area contributed by atoms with E-state index in [0.717, 1.165) is 12.1 Å². The Morgan fingerprint density at radius 3 is 2.28 bits per heavy atom. The van der Waals surface area contributed by atoms with Gasteiger partial charge in [0.25, 0.3) is 0 Å². The molecule has 2 aromatic carbocycles. The molecule has 5 nitrogen and oxygen atoms in total. The quantitative estimate of drug-likeness (QED) is 0.761. The molecule has 0 radical (unpaired) electrons. The first-order chi connectivity index (χ1) is 12.1. The predicted octanol–water partition coefficient (Wildman–Crippen LogP) is 3.80. The number of aliphatic hydroxyl groups is 1. The number of aromatic nitrogens is 1. The van der Waals surface area contributed by atoms with Crippen LogP contribution in [0.5, 0.6) is 11.5 Å². The maximum Gasteiger partial charge on any atom is 0.180 e. The van der Waals surface area contributed by atoms with Crippen molar-refractivity contribution in [3.63, 3.8) is 0 Å². The van der Waals surface area contributed by atoms with Gasteiger partial charge >= 0.3 is 0 Å². The third-order valence-electron chi connectivity index (χ3n) is 3.79. The highest BCUT2D eigenvalue weighted by molar-refractivity contribution is 5.79. The average Bonchev–Trinajstić information content (AvgIpc) is 3.06. The molecule has 0 aliphatic rings. The number of hydrogen-bond donors (Lipinski definition) is 1. The Balaban J connectivity index is 2.21. The number of ether oxygens (including phenoxy) is 2. The average molecular weight is 347 g/mol. The summed E-state index contributed by atoms with van der Waals surface area (Å²) in [5.74, 6) is -0.828. The van der Waals surface area contributed by atoms with Crippen molar-refractivity contribution in [3.05, 3.63) is 53.6 Å². The van der Waals surface area contributed by atoms with E-state index in [1.807, 2.05) is 0 Å². The van der Waals surface area contributed by atoms with Gasteiger partial charge in [-0.1, -0.05) is 11.2 Å². The maximum absolute atomic E-state index is 13.5. The van der Waals surface area contributed by atoms with Crippen molar-refractivity contribution in [2.45, 2.75) is 6.61 Å². The molecule has 0 saturated heterocycles. The molecule has 0 aliphatic heterocycles. The van der Waals surface area contributed by atoms with Crippen LogP contribution in [0.15, 0.2) is 40.9 Å². The molecule has 1 aromatic heterocycles. The molecule has 130 valence electrons. The summed E-state index contributed by atoms with van der Waals surface area (Å²) in [5.41, 5.74) is 1.28. The van der Waals surface area contributed by atoms with E-state index in [4.69, 9.17) is 14.0 Å². The number of halogens is 2. The smallest absolute Gasteiger partial charge is 0.180 e. The lowest BCUT2D eigenvalue weighted by molar-refractivity contribution is 0.281. The topological polar surface area (TPSA) is 64.7 Å². The molecule has 3 rings (SSSR count). The summed E-state index contributed by atoms with van der Waals surface area (Å²) in [5, 5.41) is 13.7. The highest BCUT2D eigenvalue weighted by atomic mass is 19.2. The first-order valence-corrected chi connectivity index (χ1v) is 7.36. The van der Waals surface area contributed by atoms with Gasteiger partial charge in [-0.2, -0.15) is 0 Å². The van der Waals surface area contributed by atoms with Crippen molar-refractivity contribution in [3.8, 4) is 34.1 Å². The summed E-state index contributed by atoms with van der Waals surface area (Å²) >= 11 is 0. The summed E-state index contributed by atoms with van der Waals surface area (Å²) in [6, 6.07) is 8.50. The highest BCUT2D eigenvalue weighted by Crippen LogP contribution is 2.42. The molecule has 1 heterocycles. The zero-order chi connectivity index (χ0) is 18.0. The third kappa shape index (κ3) is 2.94. The number of methoxy groups -OCH3 is 2. The van der Waals surface area contributed by atoms with Crippen LogP contribution in [-0.4, -0.2) is 24.5 Å². The predicted molar refractivity (Wildman–Crippen MR) is 86.3 cm³/mol. The Hall–Kier alpha value is -2.93. The standard InChI is InChI=1S/C18H15F2NO4/c1-23-14-4-3-5-15(24-2)16(14)18-11(9-22)17(21-25-18)10-6-7-12(19)13(20)8-10/h3-8,22H,9H2,1-2H3. The lowest BCUT2D eigenvalue weighted by Crippen LogP contribution is -1.95. The van der Waals surface area contributed by atoms with Gasteiger partial charge in [-0.15, -0.1) is 0 Å². The minimum atomic E-state index is -1.01. The minimum Gasteiger partial charge on any atom is -0.496 e. The van der Waals surface area contributed by atoms with Gasteiger partial charge in [0.1, 0.15) is 22.8 Å². The van der Waals surface area contributed by atoms with E-state index >= 15 is 0 Å². The molecule has 0 amide bonds. The summed E-state index contributed by atoms with van der Waals surface area (Å²) in [4.78, 5) is 0. The van der Waals surface area contributed by atoms with E-state index in [1.54, 1.807) is 18.2 Å². The van der Waals surface area contributed by atoms with Crippen LogP contribution in [-0.2, 0) is 6.61 Å². The maximum atomic E-state index is 13.5. The zero-order valence-corrected chi connectivity index (χ0v) is 13.5. The van der Waals surface area contributed by atoms with E-state index in [0.29, 0.717) is 22.6 Å². The largest absolute Gasteiger partial charge is 0.496 e. The van der Waals surface area contributed by atoms with Gasteiger partial charge in [0, 0.05) is 5.56 Å². The van der Waals surface area contributed by atoms with Crippen molar-refractivity contribution < 1.29 is 27.9 Å². The Morgan fingerprint density at radius 2 is 1.72 bits per heavy atom. The second-order valence-corrected chi connectivity index (χ2v) is 5.16. The van der Waals surface area contributed by atoms with Crippen LogP contribution in [0.1, 0.15) is 5.56 Å². The van der Waals surface area contributed by atoms with E-state index < -0.39 is 18.2 Å². The van der Waals surface area contributed by atoms with Gasteiger partial charge in [0.2, 0.25) is 0 Å². The van der Waals surface area contributed by atoms with Gasteiger partial charge in [-0.05, 0) is 30.3 Å². The van der Waals surface area contributed by atoms with Gasteiger partial charge in [0.15, 0.2) is 17.4 Å². The van der Waals surface area contributed by atoms with Crippen LogP contribution in [0, 0.1) is 11.6 Å². The molecule has 25 heavy (non-hydrogen) atoms. The number of rotatable bonds is 5. The fourth-order valence-electron chi connectivity index (χ4n) is 2.60. The van der Waals surface area contributed by atoms with E-state index in [-0.39, 0.29) is 17.0 Å². The van der Waals surface area contributed by atoms with Crippen molar-refractivity contribution in [1.29, 1.82) is 0 Å². The Morgan fingerprint density at radius 1 is 1.04 bits per heavy atom. The molecule has 0 atom stereocenters. The van der Waals surface area contributed by atoms with Crippen LogP contribution >= 0.6 is 0 Å². The van der Waals surface area contributed by atoms with Crippen LogP contribution < -0.4 is 9.47 Å². The molecule has 3 aromatic rings. The SMILES string of the molecule is COc1cccc(OC)c1-c1onc(-c2ccc(F)c(F)c2)c1CO. The van der Waals surface area contributed by atoms with Crippen LogP contribution in [0.2, 0.25) is 0 Å². The van der Waals surface area contributed by atoms with Gasteiger partial charge in [0.05, 0.1) is 26.4 Å². The molecular formula is C18H15F2NO4. The number of benzene rings is 2. The van der Waals surface area contributed by atoms with E-state index in [2.05, 4.69) is 5.16 Å². The molecule has 7 heteroatoms. The van der Waals surface area contributed by atoms with E-state index in [9.17, 15) is 13.9 Å². The molecule has 0 aliphatic carbocycles. The van der Waals surface area contributed by atoms with Gasteiger partial charge in [-0.3, -0.25) is 0 Å². The van der Waals surface area contributed by atoms with E-state index in [1.165, 1.54) is 20.3 Å². The molecule has 0 bridgehead atoms. The molecule has 1 N–H and O–H groups in total. The lowest BCUT2D eigenvalue weighted by Gasteiger charge is -2.11. The first-order valence-electron chi connectivity index (χ1n) is 7.36. The molecule has 0 spiro atoms. The molecule has 0 fully saturated rings. The Kier molecular flexibility index (Phi) is 4.67. The Labute approximate surface area is 142 Å². The summed E-state index contributed by atoms with van der Waals surface area (Å²) in [7, 11) is 2.98. The number of aliphatic hydroxyl groups excluding tert-OH is 1. The number of hydrogen-bond acceptors (Lipinski definition) is 5. The van der Waals surface area contributed by atoms with Gasteiger partial charge < -0.3 is 19.1 Å². The molecule has 0 unspecified atom stereocenters. The van der Waals surface area contributed by atoms with Crippen molar-refractivity contribution in [2.75, 3.05) is 14.2 Å². The summed E-state index contributed by atoms with van der Waals surface area (Å²) < 4.78 is 42.8. The summed E-state index contributed by atoms with van der Waals surface area (Å²) in [6.45, 7) is -0.422. The first kappa shape index (κ1) is 16.9. The normalized spacial score (nSPS) is 10.8. The van der Waals surface area contributed by atoms with Crippen molar-refractivity contribution in [1.82, 2.24) is 5.16 Å². The van der Waals surface area contributed by atoms with Gasteiger partial charge in [-0.25, -0.2) is 8.78 Å². The van der Waals surface area contributed by atoms with Crippen molar-refractivity contribution >= 4 is 0 Å². The number of nitrogens with zero attached hydrogens (tertiary/aromatic N) is 1. The Bertz CT molecular complexity index is 886. The fraction of sp³-hybridized carbons (Fsp3) is 0.167. The third-order valence-corrected chi connectivity index (χ3v) is 3.79. The second kappa shape index (κ2) is 6.90. The second-order valence-electron chi connectivity index (χ2n) is 5.16. The summed E-state index contributed by atoms with van der Waals surface area (Å²) in [6.07, 6.45) is 0. The minimum absolute atomic E-state index is 0.212. The highest BCUT2D eigenvalue weighted by Gasteiger charge is 2.24.